The van der Waals surface area contributed by atoms with E-state index in [4.69, 9.17) is 31.3 Å². The van der Waals surface area contributed by atoms with Crippen LogP contribution in [0.15, 0.2) is 18.2 Å². The number of aliphatic carboxylic acids is 1. The molecular weight excluding hydrogens is 292 g/mol. The molecule has 0 aromatic heterocycles. The first kappa shape index (κ1) is 20.1. The maximum Gasteiger partial charge on any atom is 0.317 e. The van der Waals surface area contributed by atoms with Crippen molar-refractivity contribution in [2.75, 3.05) is 39.4 Å². The van der Waals surface area contributed by atoms with Gasteiger partial charge in [-0.15, -0.1) is 0 Å². The summed E-state index contributed by atoms with van der Waals surface area (Å²) in [5.74, 6) is -1.13. The number of aliphatic hydroxyl groups excluding tert-OH is 2. The fourth-order valence-electron chi connectivity index (χ4n) is 1.64. The van der Waals surface area contributed by atoms with Crippen LogP contribution in [0.25, 0.3) is 0 Å². The highest BCUT2D eigenvalue weighted by Gasteiger charge is 2.07. The summed E-state index contributed by atoms with van der Waals surface area (Å²) < 4.78 is 0. The molecule has 0 bridgehead atoms. The van der Waals surface area contributed by atoms with Crippen molar-refractivity contribution in [3.05, 3.63) is 23.8 Å². The highest BCUT2D eigenvalue weighted by molar-refractivity contribution is 5.69. The molecule has 8 nitrogen and oxygen atoms in total. The molecule has 0 atom stereocenters. The van der Waals surface area contributed by atoms with Gasteiger partial charge in [-0.2, -0.15) is 0 Å². The summed E-state index contributed by atoms with van der Waals surface area (Å²) in [6.07, 6.45) is 0.716. The van der Waals surface area contributed by atoms with Crippen LogP contribution in [0.4, 0.5) is 0 Å². The Kier molecular flexibility index (Phi) is 10.8. The van der Waals surface area contributed by atoms with Crippen LogP contribution in [-0.4, -0.2) is 75.8 Å². The van der Waals surface area contributed by atoms with E-state index in [0.717, 1.165) is 5.56 Å². The summed E-state index contributed by atoms with van der Waals surface area (Å²) in [4.78, 5) is 11.6. The number of phenolic OH excluding ortho intramolecular Hbond substituents is 2. The van der Waals surface area contributed by atoms with Crippen molar-refractivity contribution in [1.82, 2.24) is 4.90 Å². The van der Waals surface area contributed by atoms with Crippen LogP contribution in [0.1, 0.15) is 5.56 Å². The molecule has 22 heavy (non-hydrogen) atoms. The summed E-state index contributed by atoms with van der Waals surface area (Å²) in [5, 5.41) is 43.2. The van der Waals surface area contributed by atoms with Crippen LogP contribution in [0.2, 0.25) is 0 Å². The lowest BCUT2D eigenvalue weighted by atomic mass is 10.1. The topological polar surface area (TPSA) is 147 Å². The predicted octanol–water partition coefficient (Wildman–Crippen LogP) is -1.04. The minimum Gasteiger partial charge on any atom is -0.504 e. The predicted molar refractivity (Wildman–Crippen MR) is 80.8 cm³/mol. The molecule has 0 unspecified atom stereocenters. The Balaban J connectivity index is 0.000000401. The summed E-state index contributed by atoms with van der Waals surface area (Å²) in [7, 11) is 0. The fourth-order valence-corrected chi connectivity index (χ4v) is 1.64. The lowest BCUT2D eigenvalue weighted by Gasteiger charge is -2.16. The van der Waals surface area contributed by atoms with Crippen LogP contribution in [0, 0.1) is 0 Å². The minimum atomic E-state index is -0.952. The maximum absolute atomic E-state index is 10.2. The Morgan fingerprint density at radius 3 is 2.09 bits per heavy atom. The van der Waals surface area contributed by atoms with Gasteiger partial charge >= 0.3 is 5.97 Å². The molecule has 7 N–H and O–H groups in total. The highest BCUT2D eigenvalue weighted by atomic mass is 16.4. The first-order valence-corrected chi connectivity index (χ1v) is 6.81. The number of phenols is 2. The van der Waals surface area contributed by atoms with Crippen LogP contribution >= 0.6 is 0 Å². The minimum absolute atomic E-state index is 0.0871. The van der Waals surface area contributed by atoms with Crippen molar-refractivity contribution in [2.24, 2.45) is 5.73 Å². The van der Waals surface area contributed by atoms with E-state index in [2.05, 4.69) is 0 Å². The maximum atomic E-state index is 10.2. The van der Waals surface area contributed by atoms with Gasteiger partial charge in [0.1, 0.15) is 0 Å². The number of benzene rings is 1. The number of carboxylic acids is 1. The Bertz CT molecular complexity index is 435. The van der Waals surface area contributed by atoms with E-state index in [0.29, 0.717) is 13.0 Å². The smallest absolute Gasteiger partial charge is 0.317 e. The zero-order chi connectivity index (χ0) is 17.0. The molecule has 0 heterocycles. The molecule has 0 fully saturated rings. The van der Waals surface area contributed by atoms with E-state index < -0.39 is 5.97 Å². The van der Waals surface area contributed by atoms with E-state index in [1.807, 2.05) is 0 Å². The molecule has 0 aliphatic rings. The molecule has 1 aromatic carbocycles. The largest absolute Gasteiger partial charge is 0.504 e. The number of carboxylic acid groups (broad SMARTS) is 1. The van der Waals surface area contributed by atoms with Gasteiger partial charge in [0.25, 0.3) is 0 Å². The Morgan fingerprint density at radius 2 is 1.68 bits per heavy atom. The normalized spacial score (nSPS) is 10.2. The molecule has 0 radical (unpaired) electrons. The number of carbonyl (C=O) groups is 1. The average Bonchev–Trinajstić information content (AvgIpc) is 2.44. The van der Waals surface area contributed by atoms with Crippen LogP contribution in [-0.2, 0) is 11.2 Å². The third-order valence-corrected chi connectivity index (χ3v) is 2.66. The molecule has 0 spiro atoms. The zero-order valence-corrected chi connectivity index (χ0v) is 12.4. The van der Waals surface area contributed by atoms with E-state index >= 15 is 0 Å². The van der Waals surface area contributed by atoms with Crippen molar-refractivity contribution in [3.63, 3.8) is 0 Å². The van der Waals surface area contributed by atoms with Crippen molar-refractivity contribution in [2.45, 2.75) is 6.42 Å². The SMILES string of the molecule is NCCc1ccc(O)c(O)c1.O=C(O)CN(CCO)CCO. The van der Waals surface area contributed by atoms with Gasteiger partial charge in [0, 0.05) is 13.1 Å². The number of aliphatic hydroxyl groups is 2. The summed E-state index contributed by atoms with van der Waals surface area (Å²) >= 11 is 0. The molecular formula is C14H24N2O6. The van der Waals surface area contributed by atoms with Crippen LogP contribution in [0.3, 0.4) is 0 Å². The van der Waals surface area contributed by atoms with Crippen molar-refractivity contribution in [3.8, 4) is 11.5 Å². The standard InChI is InChI=1S/C8H11NO2.C6H13NO4/c9-4-3-6-1-2-7(10)8(11)5-6;8-3-1-7(2-4-9)5-6(10)11/h1-2,5,10-11H,3-4,9H2;8-9H,1-5H2,(H,10,11). The van der Waals surface area contributed by atoms with Gasteiger partial charge in [-0.25, -0.2) is 0 Å². The molecule has 1 aromatic rings. The quantitative estimate of drug-likeness (QED) is 0.333. The fraction of sp³-hybridized carbons (Fsp3) is 0.500. The molecule has 126 valence electrons. The van der Waals surface area contributed by atoms with Crippen LogP contribution in [0.5, 0.6) is 11.5 Å². The van der Waals surface area contributed by atoms with Crippen molar-refractivity contribution >= 4 is 5.97 Å². The summed E-state index contributed by atoms with van der Waals surface area (Å²) in [5.41, 5.74) is 6.24. The molecule has 0 saturated heterocycles. The lowest BCUT2D eigenvalue weighted by molar-refractivity contribution is -0.138. The second-order valence-corrected chi connectivity index (χ2v) is 4.48. The summed E-state index contributed by atoms with van der Waals surface area (Å²) in [6, 6.07) is 4.71. The number of rotatable bonds is 8. The Hall–Kier alpha value is -1.87. The zero-order valence-electron chi connectivity index (χ0n) is 12.4. The number of nitrogens with zero attached hydrogens (tertiary/aromatic N) is 1. The Labute approximate surface area is 129 Å². The average molecular weight is 316 g/mol. The highest BCUT2D eigenvalue weighted by Crippen LogP contribution is 2.24. The molecule has 8 heteroatoms. The number of hydrogen-bond donors (Lipinski definition) is 6. The number of aromatic hydroxyl groups is 2. The first-order chi connectivity index (χ1) is 10.4. The lowest BCUT2D eigenvalue weighted by Crippen LogP contribution is -2.34. The van der Waals surface area contributed by atoms with Crippen LogP contribution < -0.4 is 5.73 Å². The molecule has 1 rings (SSSR count). The van der Waals surface area contributed by atoms with Gasteiger partial charge in [-0.05, 0) is 30.7 Å². The summed E-state index contributed by atoms with van der Waals surface area (Å²) in [6.45, 7) is 0.797. The second-order valence-electron chi connectivity index (χ2n) is 4.48. The van der Waals surface area contributed by atoms with Gasteiger partial charge in [0.15, 0.2) is 11.5 Å². The van der Waals surface area contributed by atoms with Crippen molar-refractivity contribution in [1.29, 1.82) is 0 Å². The van der Waals surface area contributed by atoms with Gasteiger partial charge < -0.3 is 31.3 Å². The molecule has 0 saturated carbocycles. The van der Waals surface area contributed by atoms with E-state index in [9.17, 15) is 4.79 Å². The monoisotopic (exact) mass is 316 g/mol. The van der Waals surface area contributed by atoms with Crippen molar-refractivity contribution < 1.29 is 30.3 Å². The van der Waals surface area contributed by atoms with Gasteiger partial charge in [-0.3, -0.25) is 9.69 Å². The first-order valence-electron chi connectivity index (χ1n) is 6.81. The van der Waals surface area contributed by atoms with E-state index in [1.54, 1.807) is 6.07 Å². The molecule has 0 amide bonds. The Morgan fingerprint density at radius 1 is 1.09 bits per heavy atom. The van der Waals surface area contributed by atoms with E-state index in [1.165, 1.54) is 17.0 Å². The van der Waals surface area contributed by atoms with E-state index in [-0.39, 0.29) is 44.3 Å². The van der Waals surface area contributed by atoms with Gasteiger partial charge in [0.05, 0.1) is 19.8 Å². The third kappa shape index (κ3) is 9.14. The third-order valence-electron chi connectivity index (χ3n) is 2.66. The molecule has 0 aliphatic carbocycles. The second kappa shape index (κ2) is 11.8. The van der Waals surface area contributed by atoms with Gasteiger partial charge in [-0.1, -0.05) is 6.07 Å². The van der Waals surface area contributed by atoms with Gasteiger partial charge in [0.2, 0.25) is 0 Å². The molecule has 0 aliphatic heterocycles. The number of nitrogens with two attached hydrogens (primary N) is 1. The number of hydrogen-bond acceptors (Lipinski definition) is 7.